The topological polar surface area (TPSA) is 57.2 Å². The number of carbonyl (C=O) groups is 1. The van der Waals surface area contributed by atoms with Gasteiger partial charge in [-0.3, -0.25) is 4.79 Å². The standard InChI is InChI=1S/C21H28N2O2/c1-6-8-9-17-20(16-10-11-18(25-5)14(3)13-16)19(21(22)24)15(4)23(17)12-7-2/h7,10-11,13H,2,6,8-9,12H2,1,3-5H3,(H2,22,24). The number of methoxy groups -OCH3 is 1. The summed E-state index contributed by atoms with van der Waals surface area (Å²) in [6.45, 7) is 10.7. The number of allylic oxidation sites excluding steroid dienone is 1. The Hall–Kier alpha value is -2.49. The lowest BCUT2D eigenvalue weighted by molar-refractivity contribution is 0.1000. The highest BCUT2D eigenvalue weighted by molar-refractivity contribution is 6.02. The monoisotopic (exact) mass is 340 g/mol. The van der Waals surface area contributed by atoms with Crippen molar-refractivity contribution >= 4 is 5.91 Å². The first-order valence-corrected chi connectivity index (χ1v) is 8.73. The van der Waals surface area contributed by atoms with Crippen molar-refractivity contribution in [1.29, 1.82) is 0 Å². The number of ether oxygens (including phenoxy) is 1. The zero-order valence-electron chi connectivity index (χ0n) is 15.7. The van der Waals surface area contributed by atoms with E-state index in [9.17, 15) is 4.79 Å². The van der Waals surface area contributed by atoms with Gasteiger partial charge < -0.3 is 15.0 Å². The molecule has 1 aromatic carbocycles. The van der Waals surface area contributed by atoms with E-state index in [1.54, 1.807) is 7.11 Å². The van der Waals surface area contributed by atoms with Gasteiger partial charge in [0.15, 0.2) is 0 Å². The zero-order chi connectivity index (χ0) is 18.6. The van der Waals surface area contributed by atoms with Crippen LogP contribution in [-0.4, -0.2) is 17.6 Å². The molecule has 0 spiro atoms. The molecule has 0 unspecified atom stereocenters. The third-order valence-electron chi connectivity index (χ3n) is 4.64. The average Bonchev–Trinajstić information content (AvgIpc) is 2.85. The highest BCUT2D eigenvalue weighted by atomic mass is 16.5. The van der Waals surface area contributed by atoms with Gasteiger partial charge in [-0.25, -0.2) is 0 Å². The number of nitrogens with two attached hydrogens (primary N) is 1. The van der Waals surface area contributed by atoms with Gasteiger partial charge in [-0.05, 0) is 49.9 Å². The van der Waals surface area contributed by atoms with E-state index in [0.717, 1.165) is 53.1 Å². The third kappa shape index (κ3) is 3.63. The number of hydrogen-bond acceptors (Lipinski definition) is 2. The Morgan fingerprint density at radius 3 is 2.60 bits per heavy atom. The van der Waals surface area contributed by atoms with E-state index in [4.69, 9.17) is 10.5 Å². The Morgan fingerprint density at radius 2 is 2.08 bits per heavy atom. The van der Waals surface area contributed by atoms with Crippen LogP contribution in [0.1, 0.15) is 47.1 Å². The van der Waals surface area contributed by atoms with Gasteiger partial charge >= 0.3 is 0 Å². The maximum absolute atomic E-state index is 12.2. The van der Waals surface area contributed by atoms with Gasteiger partial charge in [0.05, 0.1) is 12.7 Å². The molecule has 134 valence electrons. The fraction of sp³-hybridized carbons (Fsp3) is 0.381. The predicted molar refractivity (Wildman–Crippen MR) is 103 cm³/mol. The molecule has 0 bridgehead atoms. The molecule has 1 aromatic heterocycles. The molecule has 4 heteroatoms. The number of primary amides is 1. The first kappa shape index (κ1) is 18.8. The molecule has 1 heterocycles. The molecule has 1 amide bonds. The summed E-state index contributed by atoms with van der Waals surface area (Å²) in [5.74, 6) is 0.447. The van der Waals surface area contributed by atoms with Gasteiger partial charge in [0.25, 0.3) is 5.91 Å². The maximum Gasteiger partial charge on any atom is 0.251 e. The van der Waals surface area contributed by atoms with Crippen LogP contribution in [0.5, 0.6) is 5.75 Å². The molecule has 0 saturated carbocycles. The summed E-state index contributed by atoms with van der Waals surface area (Å²) >= 11 is 0. The Bertz CT molecular complexity index is 788. The number of rotatable bonds is 8. The average molecular weight is 340 g/mol. The molecule has 25 heavy (non-hydrogen) atoms. The maximum atomic E-state index is 12.2. The van der Waals surface area contributed by atoms with E-state index in [-0.39, 0.29) is 5.91 Å². The van der Waals surface area contributed by atoms with Crippen LogP contribution < -0.4 is 10.5 Å². The van der Waals surface area contributed by atoms with E-state index < -0.39 is 0 Å². The van der Waals surface area contributed by atoms with Crippen LogP contribution in [-0.2, 0) is 13.0 Å². The number of nitrogens with zero attached hydrogens (tertiary/aromatic N) is 1. The van der Waals surface area contributed by atoms with Crippen molar-refractivity contribution in [3.8, 4) is 16.9 Å². The van der Waals surface area contributed by atoms with E-state index in [1.807, 2.05) is 32.1 Å². The first-order valence-electron chi connectivity index (χ1n) is 8.73. The Labute approximate surface area is 150 Å². The smallest absolute Gasteiger partial charge is 0.251 e. The lowest BCUT2D eigenvalue weighted by Gasteiger charge is -2.12. The third-order valence-corrected chi connectivity index (χ3v) is 4.64. The number of hydrogen-bond donors (Lipinski definition) is 1. The summed E-state index contributed by atoms with van der Waals surface area (Å²) in [6, 6.07) is 6.01. The second-order valence-electron chi connectivity index (χ2n) is 6.33. The minimum Gasteiger partial charge on any atom is -0.496 e. The summed E-state index contributed by atoms with van der Waals surface area (Å²) in [6.07, 6.45) is 4.90. The van der Waals surface area contributed by atoms with Gasteiger partial charge in [-0.2, -0.15) is 0 Å². The van der Waals surface area contributed by atoms with Gasteiger partial charge in [0.2, 0.25) is 0 Å². The molecule has 0 saturated heterocycles. The fourth-order valence-corrected chi connectivity index (χ4v) is 3.42. The molecule has 0 fully saturated rings. The van der Waals surface area contributed by atoms with Crippen molar-refractivity contribution in [3.05, 3.63) is 53.4 Å². The fourth-order valence-electron chi connectivity index (χ4n) is 3.42. The van der Waals surface area contributed by atoms with Crippen LogP contribution in [0.2, 0.25) is 0 Å². The molecule has 0 aliphatic heterocycles. The quantitative estimate of drug-likeness (QED) is 0.724. The largest absolute Gasteiger partial charge is 0.496 e. The van der Waals surface area contributed by atoms with Crippen molar-refractivity contribution in [2.75, 3.05) is 7.11 Å². The summed E-state index contributed by atoms with van der Waals surface area (Å²) in [5.41, 5.74) is 11.4. The van der Waals surface area contributed by atoms with Gasteiger partial charge in [-0.15, -0.1) is 6.58 Å². The van der Waals surface area contributed by atoms with Gasteiger partial charge in [0, 0.05) is 23.5 Å². The predicted octanol–water partition coefficient (Wildman–Crippen LogP) is 4.41. The number of aryl methyl sites for hydroxylation is 1. The highest BCUT2D eigenvalue weighted by Gasteiger charge is 2.24. The van der Waals surface area contributed by atoms with Crippen LogP contribution in [0, 0.1) is 13.8 Å². The van der Waals surface area contributed by atoms with Crippen molar-refractivity contribution in [3.63, 3.8) is 0 Å². The Kier molecular flexibility index (Phi) is 6.07. The number of aromatic nitrogens is 1. The summed E-state index contributed by atoms with van der Waals surface area (Å²) in [4.78, 5) is 12.2. The van der Waals surface area contributed by atoms with E-state index in [0.29, 0.717) is 12.1 Å². The van der Waals surface area contributed by atoms with Crippen LogP contribution >= 0.6 is 0 Å². The Balaban J connectivity index is 2.76. The zero-order valence-corrected chi connectivity index (χ0v) is 15.7. The van der Waals surface area contributed by atoms with Crippen LogP contribution in [0.15, 0.2) is 30.9 Å². The lowest BCUT2D eigenvalue weighted by atomic mass is 9.96. The molecular formula is C21H28N2O2. The molecule has 2 aromatic rings. The lowest BCUT2D eigenvalue weighted by Crippen LogP contribution is -2.13. The van der Waals surface area contributed by atoms with E-state index in [2.05, 4.69) is 24.1 Å². The molecule has 0 atom stereocenters. The molecular weight excluding hydrogens is 312 g/mol. The summed E-state index contributed by atoms with van der Waals surface area (Å²) < 4.78 is 7.53. The van der Waals surface area contributed by atoms with Crippen LogP contribution in [0.4, 0.5) is 0 Å². The van der Waals surface area contributed by atoms with Crippen LogP contribution in [0.3, 0.4) is 0 Å². The van der Waals surface area contributed by atoms with Gasteiger partial charge in [-0.1, -0.05) is 25.5 Å². The molecule has 4 nitrogen and oxygen atoms in total. The van der Waals surface area contributed by atoms with E-state index >= 15 is 0 Å². The van der Waals surface area contributed by atoms with E-state index in [1.165, 1.54) is 0 Å². The minimum absolute atomic E-state index is 0.387. The first-order chi connectivity index (χ1) is 12.0. The molecule has 2 rings (SSSR count). The molecule has 0 radical (unpaired) electrons. The second kappa shape index (κ2) is 8.06. The second-order valence-corrected chi connectivity index (χ2v) is 6.33. The number of carbonyl (C=O) groups excluding carboxylic acids is 1. The SMILES string of the molecule is C=CCn1c(C)c(C(N)=O)c(-c2ccc(OC)c(C)c2)c1CCCC. The minimum atomic E-state index is -0.387. The number of unbranched alkanes of at least 4 members (excludes halogenated alkanes) is 1. The molecule has 0 aliphatic carbocycles. The number of benzene rings is 1. The van der Waals surface area contributed by atoms with Crippen molar-refractivity contribution in [1.82, 2.24) is 4.57 Å². The van der Waals surface area contributed by atoms with Crippen molar-refractivity contribution in [2.45, 2.75) is 46.6 Å². The highest BCUT2D eigenvalue weighted by Crippen LogP contribution is 2.35. The van der Waals surface area contributed by atoms with Gasteiger partial charge in [0.1, 0.15) is 5.75 Å². The molecule has 0 aliphatic rings. The van der Waals surface area contributed by atoms with Crippen molar-refractivity contribution < 1.29 is 9.53 Å². The Morgan fingerprint density at radius 1 is 1.36 bits per heavy atom. The molecule has 2 N–H and O–H groups in total. The summed E-state index contributed by atoms with van der Waals surface area (Å²) in [7, 11) is 1.66. The summed E-state index contributed by atoms with van der Waals surface area (Å²) in [5, 5.41) is 0. The number of amides is 1. The van der Waals surface area contributed by atoms with Crippen LogP contribution in [0.25, 0.3) is 11.1 Å². The van der Waals surface area contributed by atoms with Crippen molar-refractivity contribution in [2.24, 2.45) is 5.73 Å². The normalized spacial score (nSPS) is 10.7.